The molecule has 6 heterocycles. The van der Waals surface area contributed by atoms with Crippen LogP contribution in [0.2, 0.25) is 0 Å². The first-order valence-electron chi connectivity index (χ1n) is 14.1. The molecule has 4 aromatic rings. The first-order valence-corrected chi connectivity index (χ1v) is 15.0. The minimum Gasteiger partial charge on any atom is -0.382 e. The summed E-state index contributed by atoms with van der Waals surface area (Å²) >= 11 is 1.57. The van der Waals surface area contributed by atoms with Crippen molar-refractivity contribution < 1.29 is 4.79 Å². The van der Waals surface area contributed by atoms with Crippen molar-refractivity contribution in [3.63, 3.8) is 0 Å². The Labute approximate surface area is 244 Å². The van der Waals surface area contributed by atoms with Gasteiger partial charge in [-0.2, -0.15) is 10.4 Å². The Morgan fingerprint density at radius 2 is 1.95 bits per heavy atom. The van der Waals surface area contributed by atoms with Gasteiger partial charge in [-0.1, -0.05) is 32.1 Å². The molecule has 1 amide bonds. The number of nitrogens with zero attached hydrogens (tertiary/aromatic N) is 8. The van der Waals surface area contributed by atoms with Gasteiger partial charge in [-0.3, -0.25) is 9.78 Å². The van der Waals surface area contributed by atoms with E-state index >= 15 is 0 Å². The van der Waals surface area contributed by atoms with Gasteiger partial charge in [-0.15, -0.1) is 10.2 Å². The van der Waals surface area contributed by atoms with E-state index in [0.29, 0.717) is 24.1 Å². The number of piperazine rings is 1. The van der Waals surface area contributed by atoms with Crippen molar-refractivity contribution in [2.75, 3.05) is 23.3 Å². The van der Waals surface area contributed by atoms with E-state index in [4.69, 9.17) is 4.98 Å². The zero-order valence-electron chi connectivity index (χ0n) is 24.1. The lowest BCUT2D eigenvalue weighted by molar-refractivity contribution is -0.134. The molecule has 2 aliphatic heterocycles. The summed E-state index contributed by atoms with van der Waals surface area (Å²) in [5.74, 6) is 0.263. The Morgan fingerprint density at radius 3 is 2.66 bits per heavy atom. The van der Waals surface area contributed by atoms with Crippen LogP contribution in [0.1, 0.15) is 59.4 Å². The lowest BCUT2D eigenvalue weighted by atomic mass is 9.87. The monoisotopic (exact) mass is 569 g/mol. The average Bonchev–Trinajstić information content (AvgIpc) is 3.58. The van der Waals surface area contributed by atoms with E-state index in [1.807, 2.05) is 35.4 Å². The Hall–Kier alpha value is -4.04. The largest absolute Gasteiger partial charge is 0.382 e. The van der Waals surface area contributed by atoms with Gasteiger partial charge in [0.25, 0.3) is 0 Å². The van der Waals surface area contributed by atoms with E-state index in [9.17, 15) is 10.1 Å². The van der Waals surface area contributed by atoms with Crippen LogP contribution >= 0.6 is 11.3 Å². The van der Waals surface area contributed by atoms with Gasteiger partial charge in [0.1, 0.15) is 6.07 Å². The fraction of sp³-hybridized carbons (Fsp3) is 0.467. The number of nitriles is 1. The summed E-state index contributed by atoms with van der Waals surface area (Å²) in [5, 5.41) is 28.1. The van der Waals surface area contributed by atoms with Gasteiger partial charge in [-0.25, -0.2) is 4.52 Å². The number of piperidine rings is 1. The lowest BCUT2D eigenvalue weighted by Crippen LogP contribution is -2.69. The smallest absolute Gasteiger partial charge is 0.222 e. The van der Waals surface area contributed by atoms with Gasteiger partial charge < -0.3 is 15.1 Å². The Balaban J connectivity index is 1.22. The van der Waals surface area contributed by atoms with Crippen LogP contribution in [0.25, 0.3) is 27.5 Å². The number of carbonyl (C=O) groups excluding carboxylic acids is 1. The highest BCUT2D eigenvalue weighted by molar-refractivity contribution is 7.18. The molecule has 4 aromatic heterocycles. The number of rotatable bonds is 7. The number of carbonyl (C=O) groups is 1. The molecule has 0 radical (unpaired) electrons. The van der Waals surface area contributed by atoms with Crippen LogP contribution in [0.3, 0.4) is 0 Å². The molecule has 0 aliphatic carbocycles. The summed E-state index contributed by atoms with van der Waals surface area (Å²) in [7, 11) is 0. The highest BCUT2D eigenvalue weighted by atomic mass is 32.1. The lowest BCUT2D eigenvalue weighted by Gasteiger charge is -2.56. The number of anilines is 2. The molecule has 6 rings (SSSR count). The fourth-order valence-corrected chi connectivity index (χ4v) is 6.66. The SMILES string of the molecule is CC(C)Nc1cc(-c2ccc3cc(C#N)cnn23)ncc1-c1nnc(N2C3CC2CN(C(=O)CCC(C)(C)C)C3)s1. The van der Waals surface area contributed by atoms with Crippen molar-refractivity contribution in [1.29, 1.82) is 5.26 Å². The molecule has 2 saturated heterocycles. The third-order valence-electron chi connectivity index (χ3n) is 7.74. The van der Waals surface area contributed by atoms with Crippen LogP contribution in [0.5, 0.6) is 0 Å². The summed E-state index contributed by atoms with van der Waals surface area (Å²) in [6, 6.07) is 10.7. The molecular weight excluding hydrogens is 534 g/mol. The summed E-state index contributed by atoms with van der Waals surface area (Å²) in [6.07, 6.45) is 6.01. The number of nitrogens with one attached hydrogen (secondary N) is 1. The molecule has 0 spiro atoms. The van der Waals surface area contributed by atoms with Crippen LogP contribution in [-0.2, 0) is 4.79 Å². The Morgan fingerprint density at radius 1 is 1.17 bits per heavy atom. The van der Waals surface area contributed by atoms with E-state index in [2.05, 4.69) is 66.2 Å². The van der Waals surface area contributed by atoms with Crippen molar-refractivity contribution in [2.24, 2.45) is 5.41 Å². The highest BCUT2D eigenvalue weighted by Gasteiger charge is 2.47. The molecule has 212 valence electrons. The predicted molar refractivity (Wildman–Crippen MR) is 161 cm³/mol. The van der Waals surface area contributed by atoms with Gasteiger partial charge in [0.2, 0.25) is 11.0 Å². The second-order valence-electron chi connectivity index (χ2n) is 12.5. The third kappa shape index (κ3) is 5.36. The van der Waals surface area contributed by atoms with Gasteiger partial charge in [0, 0.05) is 37.4 Å². The highest BCUT2D eigenvalue weighted by Crippen LogP contribution is 2.42. The predicted octanol–water partition coefficient (Wildman–Crippen LogP) is 5.22. The van der Waals surface area contributed by atoms with Crippen molar-refractivity contribution in [1.82, 2.24) is 29.7 Å². The summed E-state index contributed by atoms with van der Waals surface area (Å²) in [6.45, 7) is 12.2. The molecule has 41 heavy (non-hydrogen) atoms. The summed E-state index contributed by atoms with van der Waals surface area (Å²) < 4.78 is 1.80. The summed E-state index contributed by atoms with van der Waals surface area (Å²) in [5.41, 5.74) is 4.96. The molecule has 2 fully saturated rings. The molecular formula is C30H35N9OS. The van der Waals surface area contributed by atoms with E-state index in [1.54, 1.807) is 22.0 Å². The zero-order valence-corrected chi connectivity index (χ0v) is 24.9. The normalized spacial score (nSPS) is 18.5. The summed E-state index contributed by atoms with van der Waals surface area (Å²) in [4.78, 5) is 22.0. The van der Waals surface area contributed by atoms with Crippen molar-refractivity contribution in [3.05, 3.63) is 42.2 Å². The molecule has 2 unspecified atom stereocenters. The molecule has 0 aromatic carbocycles. The second kappa shape index (κ2) is 10.4. The Kier molecular flexibility index (Phi) is 6.90. The molecule has 2 atom stereocenters. The maximum absolute atomic E-state index is 12.8. The number of likely N-dealkylation sites (tertiary alicyclic amines) is 1. The Bertz CT molecular complexity index is 1630. The van der Waals surface area contributed by atoms with E-state index < -0.39 is 0 Å². The zero-order chi connectivity index (χ0) is 28.9. The van der Waals surface area contributed by atoms with Crippen molar-refractivity contribution >= 4 is 33.6 Å². The van der Waals surface area contributed by atoms with Crippen molar-refractivity contribution in [3.8, 4) is 28.0 Å². The molecule has 0 saturated carbocycles. The number of pyridine rings is 1. The molecule has 11 heteroatoms. The average molecular weight is 570 g/mol. The van der Waals surface area contributed by atoms with E-state index in [-0.39, 0.29) is 17.4 Å². The van der Waals surface area contributed by atoms with E-state index in [1.165, 1.54) is 0 Å². The van der Waals surface area contributed by atoms with Crippen LogP contribution in [0.15, 0.2) is 36.7 Å². The van der Waals surface area contributed by atoms with Crippen LogP contribution in [-0.4, -0.2) is 66.8 Å². The molecule has 1 N–H and O–H groups in total. The van der Waals surface area contributed by atoms with Gasteiger partial charge in [0.15, 0.2) is 5.01 Å². The number of amides is 1. The van der Waals surface area contributed by atoms with Crippen LogP contribution < -0.4 is 10.2 Å². The molecule has 2 aliphatic rings. The third-order valence-corrected chi connectivity index (χ3v) is 8.71. The quantitative estimate of drug-likeness (QED) is 0.322. The first kappa shape index (κ1) is 27.1. The number of hydrogen-bond acceptors (Lipinski definition) is 9. The molecule has 10 nitrogen and oxygen atoms in total. The van der Waals surface area contributed by atoms with Crippen LogP contribution in [0, 0.1) is 16.7 Å². The van der Waals surface area contributed by atoms with Gasteiger partial charge in [-0.05, 0) is 56.4 Å². The number of fused-ring (bicyclic) bond motifs is 3. The van der Waals surface area contributed by atoms with Gasteiger partial charge >= 0.3 is 0 Å². The maximum Gasteiger partial charge on any atom is 0.222 e. The maximum atomic E-state index is 12.8. The minimum atomic E-state index is 0.161. The topological polar surface area (TPSA) is 115 Å². The fourth-order valence-electron chi connectivity index (χ4n) is 5.64. The van der Waals surface area contributed by atoms with Gasteiger partial charge in [0.05, 0.1) is 46.3 Å². The minimum absolute atomic E-state index is 0.161. The first-order chi connectivity index (χ1) is 19.6. The second-order valence-corrected chi connectivity index (χ2v) is 13.5. The van der Waals surface area contributed by atoms with E-state index in [0.717, 1.165) is 64.2 Å². The molecule has 2 bridgehead atoms. The number of hydrogen-bond donors (Lipinski definition) is 1. The number of aromatic nitrogens is 5. The van der Waals surface area contributed by atoms with Crippen LogP contribution in [0.4, 0.5) is 10.8 Å². The standard InChI is InChI=1S/C30H35N9OS/c1-18(2)34-24-12-25(26-7-6-20-10-19(13-31)14-33-39(20)26)32-15-23(24)28-35-36-29(41-28)38-21-11-22(38)17-37(16-21)27(40)8-9-30(3,4)5/h6-7,10,12,14-15,18,21-22H,8-9,11,16-17H2,1-5H3,(H,32,34). The van der Waals surface area contributed by atoms with Crippen molar-refractivity contribution in [2.45, 2.75) is 72.0 Å².